The lowest BCUT2D eigenvalue weighted by Gasteiger charge is -2.19. The minimum absolute atomic E-state index is 1.10. The Kier molecular flexibility index (Phi) is 9.54. The molecule has 0 amide bonds. The van der Waals surface area contributed by atoms with Gasteiger partial charge >= 0.3 is 0 Å². The first-order valence-electron chi connectivity index (χ1n) is 23.4. The lowest BCUT2D eigenvalue weighted by molar-refractivity contribution is 1.10. The summed E-state index contributed by atoms with van der Waals surface area (Å²) in [5, 5.41) is 4.89. The average molecular weight is 865 g/mol. The number of hydrogen-bond donors (Lipinski definition) is 0. The number of aromatic nitrogens is 2. The smallest absolute Gasteiger partial charge is 0.0702 e. The molecule has 0 aliphatic heterocycles. The van der Waals surface area contributed by atoms with E-state index in [1.54, 1.807) is 0 Å². The van der Waals surface area contributed by atoms with Crippen molar-refractivity contribution >= 4 is 43.6 Å². The second kappa shape index (κ2) is 16.5. The van der Waals surface area contributed by atoms with Gasteiger partial charge < -0.3 is 9.13 Å². The Bertz CT molecular complexity index is 3760. The van der Waals surface area contributed by atoms with E-state index in [0.29, 0.717) is 0 Å². The van der Waals surface area contributed by atoms with Crippen molar-refractivity contribution in [2.75, 3.05) is 0 Å². The zero-order valence-electron chi connectivity index (χ0n) is 37.3. The molecule has 13 rings (SSSR count). The van der Waals surface area contributed by atoms with E-state index in [9.17, 15) is 0 Å². The molecule has 0 radical (unpaired) electrons. The molecule has 318 valence electrons. The third kappa shape index (κ3) is 6.34. The molecule has 2 nitrogen and oxygen atoms in total. The van der Waals surface area contributed by atoms with Crippen LogP contribution in [0.4, 0.5) is 0 Å². The number of nitrogens with zero attached hydrogens (tertiary/aromatic N) is 2. The molecule has 0 unspecified atom stereocenters. The van der Waals surface area contributed by atoms with E-state index >= 15 is 0 Å². The fourth-order valence-corrected chi connectivity index (χ4v) is 10.9. The highest BCUT2D eigenvalue weighted by Crippen LogP contribution is 2.51. The molecular formula is C66H44N2. The van der Waals surface area contributed by atoms with Gasteiger partial charge in [-0.05, 0) is 103 Å². The lowest BCUT2D eigenvalue weighted by atomic mass is 9.84. The van der Waals surface area contributed by atoms with Crippen molar-refractivity contribution in [2.45, 2.75) is 0 Å². The summed E-state index contributed by atoms with van der Waals surface area (Å²) in [6.45, 7) is 0. The Balaban J connectivity index is 1.24. The number of fused-ring (bicyclic) bond motifs is 6. The molecule has 0 saturated heterocycles. The third-order valence-corrected chi connectivity index (χ3v) is 13.8. The second-order valence-electron chi connectivity index (χ2n) is 17.5. The van der Waals surface area contributed by atoms with Gasteiger partial charge in [0.2, 0.25) is 0 Å². The SMILES string of the molecule is c1ccc(-c2ccccc2-c2ccc3c(c2-c2ccccc2)c2c(-c4ccccc4)c(-c4ccccc4-c4ccccc4)ccc2n3-c2ccccc2-n2c3ccccc3c3ccccc32)cc1. The molecule has 2 heterocycles. The van der Waals surface area contributed by atoms with Crippen molar-refractivity contribution in [3.63, 3.8) is 0 Å². The molecule has 0 fully saturated rings. The molecule has 0 aliphatic rings. The van der Waals surface area contributed by atoms with E-state index in [1.165, 1.54) is 99.3 Å². The van der Waals surface area contributed by atoms with Crippen LogP contribution in [-0.2, 0) is 0 Å². The quantitative estimate of drug-likeness (QED) is 0.144. The van der Waals surface area contributed by atoms with Gasteiger partial charge in [-0.15, -0.1) is 0 Å². The van der Waals surface area contributed by atoms with E-state index in [2.05, 4.69) is 276 Å². The Morgan fingerprint density at radius 2 is 0.500 bits per heavy atom. The molecule has 0 bridgehead atoms. The van der Waals surface area contributed by atoms with Gasteiger partial charge in [-0.25, -0.2) is 0 Å². The molecule has 68 heavy (non-hydrogen) atoms. The summed E-state index contributed by atoms with van der Waals surface area (Å²) < 4.78 is 5.00. The van der Waals surface area contributed by atoms with Crippen molar-refractivity contribution in [2.24, 2.45) is 0 Å². The van der Waals surface area contributed by atoms with E-state index in [1.807, 2.05) is 0 Å². The summed E-state index contributed by atoms with van der Waals surface area (Å²) in [5.74, 6) is 0. The van der Waals surface area contributed by atoms with Crippen LogP contribution < -0.4 is 0 Å². The summed E-state index contributed by atoms with van der Waals surface area (Å²) in [7, 11) is 0. The summed E-state index contributed by atoms with van der Waals surface area (Å²) >= 11 is 0. The van der Waals surface area contributed by atoms with Crippen molar-refractivity contribution in [1.82, 2.24) is 9.13 Å². The monoisotopic (exact) mass is 864 g/mol. The summed E-state index contributed by atoms with van der Waals surface area (Å²) in [5.41, 5.74) is 21.1. The fraction of sp³-hybridized carbons (Fsp3) is 0. The topological polar surface area (TPSA) is 9.86 Å². The summed E-state index contributed by atoms with van der Waals surface area (Å²) in [6.07, 6.45) is 0. The number of para-hydroxylation sites is 4. The predicted molar refractivity (Wildman–Crippen MR) is 288 cm³/mol. The summed E-state index contributed by atoms with van der Waals surface area (Å²) in [6, 6.07) is 97.6. The van der Waals surface area contributed by atoms with Gasteiger partial charge in [0.25, 0.3) is 0 Å². The normalized spacial score (nSPS) is 11.5. The zero-order chi connectivity index (χ0) is 45.0. The summed E-state index contributed by atoms with van der Waals surface area (Å²) in [4.78, 5) is 0. The minimum Gasteiger partial charge on any atom is -0.307 e. The molecule has 0 aliphatic carbocycles. The number of rotatable bonds is 8. The van der Waals surface area contributed by atoms with Gasteiger partial charge in [0.05, 0.1) is 33.4 Å². The first-order chi connectivity index (χ1) is 33.8. The van der Waals surface area contributed by atoms with Crippen LogP contribution in [0.2, 0.25) is 0 Å². The van der Waals surface area contributed by atoms with Crippen LogP contribution in [0.5, 0.6) is 0 Å². The molecule has 2 aromatic heterocycles. The molecule has 0 atom stereocenters. The first-order valence-corrected chi connectivity index (χ1v) is 23.4. The maximum absolute atomic E-state index is 2.54. The Morgan fingerprint density at radius 3 is 0.912 bits per heavy atom. The van der Waals surface area contributed by atoms with Crippen LogP contribution in [-0.4, -0.2) is 9.13 Å². The van der Waals surface area contributed by atoms with Gasteiger partial charge in [-0.2, -0.15) is 0 Å². The highest BCUT2D eigenvalue weighted by Gasteiger charge is 2.27. The predicted octanol–water partition coefficient (Wildman–Crippen LogP) is 17.9. The van der Waals surface area contributed by atoms with Crippen LogP contribution in [0.1, 0.15) is 0 Å². The highest BCUT2D eigenvalue weighted by molar-refractivity contribution is 6.25. The first kappa shape index (κ1) is 39.4. The molecule has 11 aromatic carbocycles. The van der Waals surface area contributed by atoms with Gasteiger partial charge in [-0.3, -0.25) is 0 Å². The van der Waals surface area contributed by atoms with Crippen LogP contribution >= 0.6 is 0 Å². The van der Waals surface area contributed by atoms with Gasteiger partial charge in [0, 0.05) is 21.5 Å². The van der Waals surface area contributed by atoms with E-state index < -0.39 is 0 Å². The van der Waals surface area contributed by atoms with Crippen LogP contribution in [0, 0.1) is 0 Å². The van der Waals surface area contributed by atoms with Crippen molar-refractivity contribution in [1.29, 1.82) is 0 Å². The van der Waals surface area contributed by atoms with E-state index in [0.717, 1.165) is 22.4 Å². The third-order valence-electron chi connectivity index (χ3n) is 13.8. The maximum Gasteiger partial charge on any atom is 0.0702 e. The number of benzene rings is 11. The molecule has 0 N–H and O–H groups in total. The van der Waals surface area contributed by atoms with Crippen molar-refractivity contribution < 1.29 is 0 Å². The Morgan fingerprint density at radius 1 is 0.191 bits per heavy atom. The van der Waals surface area contributed by atoms with Gasteiger partial charge in [-0.1, -0.05) is 231 Å². The van der Waals surface area contributed by atoms with Crippen molar-refractivity contribution in [3.05, 3.63) is 267 Å². The fourth-order valence-electron chi connectivity index (χ4n) is 10.9. The van der Waals surface area contributed by atoms with Crippen LogP contribution in [0.3, 0.4) is 0 Å². The Labute approximate surface area is 395 Å². The lowest BCUT2D eigenvalue weighted by Crippen LogP contribution is -2.03. The maximum atomic E-state index is 2.54. The van der Waals surface area contributed by atoms with Gasteiger partial charge in [0.15, 0.2) is 0 Å². The zero-order valence-corrected chi connectivity index (χ0v) is 37.3. The molecule has 13 aromatic rings. The van der Waals surface area contributed by atoms with E-state index in [4.69, 9.17) is 0 Å². The molecule has 0 saturated carbocycles. The molecular weight excluding hydrogens is 821 g/mol. The van der Waals surface area contributed by atoms with Crippen LogP contribution in [0.25, 0.3) is 122 Å². The molecule has 0 spiro atoms. The van der Waals surface area contributed by atoms with Gasteiger partial charge in [0.1, 0.15) is 0 Å². The average Bonchev–Trinajstić information content (AvgIpc) is 3.94. The van der Waals surface area contributed by atoms with Crippen LogP contribution in [0.15, 0.2) is 267 Å². The second-order valence-corrected chi connectivity index (χ2v) is 17.5. The Hall–Kier alpha value is -8.98. The standard InChI is InChI=1S/C66H44N2/c1-5-23-45(24-6-1)49-31-13-15-33-51(49)55-41-43-61-65(63(55)47-27-9-3-10-28-47)66-62(68(61)60-40-22-21-39-59(60)67-57-37-19-17-35-53(57)54-36-18-20-38-58(54)67)44-42-56(64(66)48-29-11-4-12-30-48)52-34-16-14-32-50(52)46-25-7-2-8-26-46/h1-44H. The molecule has 2 heteroatoms. The minimum atomic E-state index is 1.10. The number of hydrogen-bond acceptors (Lipinski definition) is 0. The highest BCUT2D eigenvalue weighted by atomic mass is 15.1. The largest absolute Gasteiger partial charge is 0.307 e. The van der Waals surface area contributed by atoms with Crippen molar-refractivity contribution in [3.8, 4) is 78.1 Å². The van der Waals surface area contributed by atoms with E-state index in [-0.39, 0.29) is 0 Å².